The Kier molecular flexibility index (Phi) is 7.71. The van der Waals surface area contributed by atoms with Crippen LogP contribution in [-0.4, -0.2) is 33.6 Å². The van der Waals surface area contributed by atoms with E-state index in [1.54, 1.807) is 42.5 Å². The van der Waals surface area contributed by atoms with E-state index in [0.717, 1.165) is 23.5 Å². The topological polar surface area (TPSA) is 92.6 Å². The van der Waals surface area contributed by atoms with E-state index in [9.17, 15) is 23.5 Å². The number of amides is 1. The van der Waals surface area contributed by atoms with Crippen LogP contribution in [0.5, 0.6) is 5.75 Å². The molecule has 1 aromatic heterocycles. The van der Waals surface area contributed by atoms with Crippen LogP contribution in [-0.2, 0) is 15.3 Å². The third-order valence-corrected chi connectivity index (χ3v) is 8.06. The summed E-state index contributed by atoms with van der Waals surface area (Å²) in [5.41, 5.74) is 1.00. The average Bonchev–Trinajstić information content (AvgIpc) is 3.50. The van der Waals surface area contributed by atoms with Crippen LogP contribution in [0.3, 0.4) is 0 Å². The number of benzene rings is 3. The standard InChI is InChI=1S/C28H21F2N3O4S2/c1-2-37-20-8-5-7-17(14-20)23-22(24(34)16-10-12-19(29)13-11-16)25(35)26(36)33(23)27-31-32-28(39-27)38-15-18-6-3-4-9-21(18)30/h3-14,23,34H,2,15H2,1H3. The number of hydrogen-bond donors (Lipinski definition) is 1. The molecule has 1 fully saturated rings. The van der Waals surface area contributed by atoms with Gasteiger partial charge < -0.3 is 9.84 Å². The van der Waals surface area contributed by atoms with Gasteiger partial charge in [-0.3, -0.25) is 14.5 Å². The van der Waals surface area contributed by atoms with E-state index >= 15 is 0 Å². The normalized spacial score (nSPS) is 16.6. The summed E-state index contributed by atoms with van der Waals surface area (Å²) >= 11 is 2.32. The molecule has 198 valence electrons. The first-order chi connectivity index (χ1) is 18.9. The van der Waals surface area contributed by atoms with E-state index in [1.807, 2.05) is 6.92 Å². The lowest BCUT2D eigenvalue weighted by atomic mass is 9.95. The largest absolute Gasteiger partial charge is 0.507 e. The predicted molar refractivity (Wildman–Crippen MR) is 145 cm³/mol. The van der Waals surface area contributed by atoms with Gasteiger partial charge in [-0.15, -0.1) is 10.2 Å². The zero-order valence-electron chi connectivity index (χ0n) is 20.5. The zero-order chi connectivity index (χ0) is 27.5. The second kappa shape index (κ2) is 11.3. The molecule has 11 heteroatoms. The second-order valence-electron chi connectivity index (χ2n) is 8.41. The number of hydrogen-bond acceptors (Lipinski definition) is 8. The van der Waals surface area contributed by atoms with E-state index < -0.39 is 29.3 Å². The molecule has 1 amide bonds. The quantitative estimate of drug-likeness (QED) is 0.0903. The van der Waals surface area contributed by atoms with Gasteiger partial charge in [0.2, 0.25) is 5.13 Å². The van der Waals surface area contributed by atoms with Crippen molar-refractivity contribution in [2.75, 3.05) is 11.5 Å². The van der Waals surface area contributed by atoms with Gasteiger partial charge in [-0.2, -0.15) is 0 Å². The van der Waals surface area contributed by atoms with Crippen molar-refractivity contribution >= 4 is 45.7 Å². The molecule has 0 bridgehead atoms. The van der Waals surface area contributed by atoms with Crippen molar-refractivity contribution in [3.05, 3.63) is 107 Å². The summed E-state index contributed by atoms with van der Waals surface area (Å²) in [6.07, 6.45) is 0. The number of aliphatic hydroxyl groups excluding tert-OH is 1. The first-order valence-corrected chi connectivity index (χ1v) is 13.7. The van der Waals surface area contributed by atoms with Gasteiger partial charge in [0.25, 0.3) is 5.78 Å². The lowest BCUT2D eigenvalue weighted by Crippen LogP contribution is -2.29. The lowest BCUT2D eigenvalue weighted by molar-refractivity contribution is -0.132. The fraction of sp³-hybridized carbons (Fsp3) is 0.143. The van der Waals surface area contributed by atoms with Crippen LogP contribution in [0, 0.1) is 11.6 Å². The molecule has 1 saturated heterocycles. The lowest BCUT2D eigenvalue weighted by Gasteiger charge is -2.23. The summed E-state index contributed by atoms with van der Waals surface area (Å²) in [5.74, 6) is -2.30. The van der Waals surface area contributed by atoms with Crippen molar-refractivity contribution in [2.24, 2.45) is 0 Å². The van der Waals surface area contributed by atoms with Crippen LogP contribution in [0.15, 0.2) is 82.7 Å². The number of aromatic nitrogens is 2. The molecule has 0 saturated carbocycles. The SMILES string of the molecule is CCOc1cccc(C2C(=C(O)c3ccc(F)cc3)C(=O)C(=O)N2c2nnc(SCc3ccccc3F)s2)c1. The van der Waals surface area contributed by atoms with E-state index in [4.69, 9.17) is 4.74 Å². The highest BCUT2D eigenvalue weighted by Gasteiger charge is 2.48. The molecule has 39 heavy (non-hydrogen) atoms. The maximum Gasteiger partial charge on any atom is 0.301 e. The van der Waals surface area contributed by atoms with Crippen molar-refractivity contribution in [3.63, 3.8) is 0 Å². The van der Waals surface area contributed by atoms with Crippen molar-refractivity contribution < 1.29 is 28.2 Å². The highest BCUT2D eigenvalue weighted by Crippen LogP contribution is 2.44. The number of rotatable bonds is 8. The number of ether oxygens (including phenoxy) is 1. The van der Waals surface area contributed by atoms with Gasteiger partial charge >= 0.3 is 5.91 Å². The molecule has 1 aliphatic heterocycles. The molecule has 0 aliphatic carbocycles. The van der Waals surface area contributed by atoms with Gasteiger partial charge in [0.15, 0.2) is 4.34 Å². The molecule has 1 unspecified atom stereocenters. The molecular weight excluding hydrogens is 544 g/mol. The molecule has 3 aromatic carbocycles. The molecule has 0 spiro atoms. The minimum absolute atomic E-state index is 0.137. The maximum atomic E-state index is 14.0. The number of halogens is 2. The number of aliphatic hydroxyl groups is 1. The molecule has 0 radical (unpaired) electrons. The Morgan fingerprint density at radius 1 is 1.05 bits per heavy atom. The first kappa shape index (κ1) is 26.5. The van der Waals surface area contributed by atoms with Gasteiger partial charge in [0, 0.05) is 11.3 Å². The molecule has 5 rings (SSSR count). The van der Waals surface area contributed by atoms with Gasteiger partial charge in [-0.05, 0) is 60.5 Å². The van der Waals surface area contributed by atoms with Crippen LogP contribution < -0.4 is 9.64 Å². The van der Waals surface area contributed by atoms with Crippen molar-refractivity contribution in [3.8, 4) is 5.75 Å². The van der Waals surface area contributed by atoms with Gasteiger partial charge in [0.05, 0.1) is 18.2 Å². The minimum Gasteiger partial charge on any atom is -0.507 e. The number of carbonyl (C=O) groups is 2. The highest BCUT2D eigenvalue weighted by atomic mass is 32.2. The first-order valence-electron chi connectivity index (χ1n) is 11.9. The minimum atomic E-state index is -1.05. The Balaban J connectivity index is 1.56. The Morgan fingerprint density at radius 3 is 2.56 bits per heavy atom. The van der Waals surface area contributed by atoms with E-state index in [2.05, 4.69) is 10.2 Å². The van der Waals surface area contributed by atoms with Crippen molar-refractivity contribution in [1.29, 1.82) is 0 Å². The number of thioether (sulfide) groups is 1. The Labute approximate surface area is 230 Å². The molecular formula is C28H21F2N3O4S2. The van der Waals surface area contributed by atoms with E-state index in [-0.39, 0.29) is 22.1 Å². The number of nitrogens with zero attached hydrogens (tertiary/aromatic N) is 3. The van der Waals surface area contributed by atoms with Crippen molar-refractivity contribution in [1.82, 2.24) is 10.2 Å². The Morgan fingerprint density at radius 2 is 1.82 bits per heavy atom. The van der Waals surface area contributed by atoms with Crippen LogP contribution in [0.2, 0.25) is 0 Å². The molecule has 4 aromatic rings. The Bertz CT molecular complexity index is 1570. The molecule has 7 nitrogen and oxygen atoms in total. The van der Waals surface area contributed by atoms with Crippen LogP contribution in [0.4, 0.5) is 13.9 Å². The van der Waals surface area contributed by atoms with Gasteiger partial charge in [-0.1, -0.05) is 53.4 Å². The van der Waals surface area contributed by atoms with Gasteiger partial charge in [0.1, 0.15) is 23.1 Å². The van der Waals surface area contributed by atoms with Gasteiger partial charge in [-0.25, -0.2) is 8.78 Å². The maximum absolute atomic E-state index is 14.0. The zero-order valence-corrected chi connectivity index (χ0v) is 22.1. The molecule has 2 heterocycles. The molecule has 1 atom stereocenters. The predicted octanol–water partition coefficient (Wildman–Crippen LogP) is 6.13. The number of carbonyl (C=O) groups excluding carboxylic acids is 2. The smallest absolute Gasteiger partial charge is 0.301 e. The number of Topliss-reactive ketones (excluding diaryl/α,β-unsaturated/α-hetero) is 1. The third-order valence-electron chi connectivity index (χ3n) is 5.96. The average molecular weight is 566 g/mol. The Hall–Kier alpha value is -4.09. The fourth-order valence-corrected chi connectivity index (χ4v) is 6.02. The van der Waals surface area contributed by atoms with E-state index in [0.29, 0.717) is 33.6 Å². The molecule has 1 N–H and O–H groups in total. The summed E-state index contributed by atoms with van der Waals surface area (Å²) in [7, 11) is 0. The summed E-state index contributed by atoms with van der Waals surface area (Å²) < 4.78 is 33.7. The monoisotopic (exact) mass is 565 g/mol. The van der Waals surface area contributed by atoms with Crippen LogP contribution in [0.1, 0.15) is 29.7 Å². The third kappa shape index (κ3) is 5.41. The highest BCUT2D eigenvalue weighted by molar-refractivity contribution is 8.00. The summed E-state index contributed by atoms with van der Waals surface area (Å²) in [4.78, 5) is 27.9. The second-order valence-corrected chi connectivity index (χ2v) is 10.6. The summed E-state index contributed by atoms with van der Waals surface area (Å²) in [5, 5.41) is 19.6. The number of anilines is 1. The molecule has 1 aliphatic rings. The fourth-order valence-electron chi connectivity index (χ4n) is 4.16. The summed E-state index contributed by atoms with van der Waals surface area (Å²) in [6, 6.07) is 17.1. The van der Waals surface area contributed by atoms with Crippen molar-refractivity contribution in [2.45, 2.75) is 23.1 Å². The summed E-state index contributed by atoms with van der Waals surface area (Å²) in [6.45, 7) is 2.23. The van der Waals surface area contributed by atoms with Crippen LogP contribution >= 0.6 is 23.1 Å². The number of ketones is 1. The van der Waals surface area contributed by atoms with Crippen LogP contribution in [0.25, 0.3) is 5.76 Å². The van der Waals surface area contributed by atoms with E-state index in [1.165, 1.54) is 34.9 Å².